The van der Waals surface area contributed by atoms with E-state index < -0.39 is 101 Å². The van der Waals surface area contributed by atoms with Gasteiger partial charge in [0, 0.05) is 11.6 Å². The molecule has 2 fully saturated rings. The number of rotatable bonds is 7. The van der Waals surface area contributed by atoms with Gasteiger partial charge in [-0.2, -0.15) is 0 Å². The molecule has 2 saturated heterocycles. The van der Waals surface area contributed by atoms with Crippen molar-refractivity contribution >= 4 is 11.0 Å². The summed E-state index contributed by atoms with van der Waals surface area (Å²) in [7, 11) is 0. The Hall–Kier alpha value is -3.27. The molecule has 2 aromatic carbocycles. The summed E-state index contributed by atoms with van der Waals surface area (Å²) in [5.41, 5.74) is -1.86. The van der Waals surface area contributed by atoms with Gasteiger partial charge in [0.1, 0.15) is 77.2 Å². The molecule has 8 atom stereocenters. The number of aliphatic hydroxyl groups excluding tert-OH is 6. The van der Waals surface area contributed by atoms with E-state index >= 15 is 0 Å². The smallest absolute Gasteiger partial charge is 0.197 e. The quantitative estimate of drug-likeness (QED) is 0.132. The first-order valence-corrected chi connectivity index (χ1v) is 19.3. The summed E-state index contributed by atoms with van der Waals surface area (Å²) in [5.74, 6) is -1.80. The molecule has 2 aliphatic heterocycles. The Morgan fingerprint density at radius 1 is 0.556 bits per heavy atom. The predicted octanol–water partition coefficient (Wildman–Crippen LogP) is 6.11. The molecule has 308 valence electrons. The van der Waals surface area contributed by atoms with Crippen LogP contribution in [0.3, 0.4) is 0 Å². The number of benzene rings is 2. The normalized spacial score (nSPS) is 24.7. The van der Waals surface area contributed by atoms with Crippen LogP contribution in [0.2, 0.25) is 0 Å². The van der Waals surface area contributed by atoms with E-state index in [0.717, 1.165) is 6.07 Å². The van der Waals surface area contributed by atoms with E-state index in [0.29, 0.717) is 5.56 Å². The zero-order chi connectivity index (χ0) is 41.1. The Morgan fingerprint density at radius 3 is 1.33 bits per heavy atom. The van der Waals surface area contributed by atoms with Crippen molar-refractivity contribution in [1.82, 2.24) is 0 Å². The largest absolute Gasteiger partial charge is 0.508 e. The van der Waals surface area contributed by atoms with Crippen molar-refractivity contribution in [3.8, 4) is 28.6 Å². The minimum atomic E-state index is -1.85. The topological polar surface area (TPSA) is 231 Å². The van der Waals surface area contributed by atoms with Gasteiger partial charge in [0.15, 0.2) is 11.0 Å². The first kappa shape index (κ1) is 48.7. The van der Waals surface area contributed by atoms with Gasteiger partial charge in [-0.15, -0.1) is 0 Å². The number of aromatic hydroxyl groups is 3. The maximum absolute atomic E-state index is 13.3. The lowest BCUT2D eigenvalue weighted by Gasteiger charge is -2.38. The highest BCUT2D eigenvalue weighted by atomic mass is 16.5. The molecule has 0 spiro atoms. The molecule has 1 aromatic heterocycles. The molecule has 0 saturated carbocycles. The van der Waals surface area contributed by atoms with Crippen molar-refractivity contribution < 1.29 is 59.8 Å². The zero-order valence-electron chi connectivity index (χ0n) is 33.2. The fourth-order valence-electron chi connectivity index (χ4n) is 4.83. The van der Waals surface area contributed by atoms with Crippen molar-refractivity contribution in [3.05, 3.63) is 51.7 Å². The third kappa shape index (κ3) is 12.9. The van der Waals surface area contributed by atoms with Crippen molar-refractivity contribution in [2.24, 2.45) is 0 Å². The Labute approximate surface area is 319 Å². The molecule has 2 aliphatic rings. The average molecular weight is 767 g/mol. The molecule has 0 radical (unpaired) electrons. The van der Waals surface area contributed by atoms with Gasteiger partial charge in [-0.1, -0.05) is 107 Å². The predicted molar refractivity (Wildman–Crippen MR) is 209 cm³/mol. The number of hydrogen-bond acceptors (Lipinski definition) is 13. The molecule has 0 amide bonds. The molecule has 54 heavy (non-hydrogen) atoms. The lowest BCUT2D eigenvalue weighted by molar-refractivity contribution is -0.191. The second-order valence-corrected chi connectivity index (χ2v) is 13.4. The summed E-state index contributed by atoms with van der Waals surface area (Å²) in [4.78, 5) is 13.3. The summed E-state index contributed by atoms with van der Waals surface area (Å²) in [5, 5.41) is 93.1. The van der Waals surface area contributed by atoms with Gasteiger partial charge in [0.25, 0.3) is 0 Å². The summed E-state index contributed by atoms with van der Waals surface area (Å²) >= 11 is 0. The summed E-state index contributed by atoms with van der Waals surface area (Å²) in [6, 6.07) is 6.60. The van der Waals surface area contributed by atoms with Crippen LogP contribution in [0.25, 0.3) is 22.3 Å². The van der Waals surface area contributed by atoms with Gasteiger partial charge in [0.05, 0.1) is 24.3 Å². The van der Waals surface area contributed by atoms with Crippen LogP contribution in [0.4, 0.5) is 0 Å². The number of hydrogen-bond donors (Lipinski definition) is 9. The minimum absolute atomic E-state index is 0.0475. The number of ether oxygens (including phenoxy) is 2. The van der Waals surface area contributed by atoms with Gasteiger partial charge >= 0.3 is 0 Å². The molecule has 0 aliphatic carbocycles. The molecule has 3 aromatic rings. The molecular formula is C41H66O13. The molecule has 0 bridgehead atoms. The van der Waals surface area contributed by atoms with Crippen LogP contribution >= 0.6 is 0 Å². The number of aliphatic hydroxyl groups is 6. The van der Waals surface area contributed by atoms with Crippen molar-refractivity contribution in [3.63, 3.8) is 0 Å². The second kappa shape index (κ2) is 25.0. The highest BCUT2D eigenvalue weighted by Crippen LogP contribution is 2.50. The van der Waals surface area contributed by atoms with Crippen LogP contribution in [0.15, 0.2) is 39.5 Å². The van der Waals surface area contributed by atoms with Crippen LogP contribution in [0, 0.1) is 0 Å². The first-order chi connectivity index (χ1) is 25.7. The van der Waals surface area contributed by atoms with Crippen molar-refractivity contribution in [2.45, 2.75) is 156 Å². The Morgan fingerprint density at radius 2 is 0.944 bits per heavy atom. The van der Waals surface area contributed by atoms with E-state index in [-0.39, 0.29) is 11.5 Å². The van der Waals surface area contributed by atoms with E-state index in [1.54, 1.807) is 0 Å². The van der Waals surface area contributed by atoms with Gasteiger partial charge < -0.3 is 59.8 Å². The summed E-state index contributed by atoms with van der Waals surface area (Å²) in [6.07, 6.45) is -2.75. The fraction of sp³-hybridized carbons (Fsp3) is 0.634. The minimum Gasteiger partial charge on any atom is -0.508 e. The maximum Gasteiger partial charge on any atom is 0.197 e. The lowest BCUT2D eigenvalue weighted by atomic mass is 9.87. The molecule has 13 heteroatoms. The van der Waals surface area contributed by atoms with Gasteiger partial charge in [-0.25, -0.2) is 0 Å². The monoisotopic (exact) mass is 766 g/mol. The SMILES string of the molecule is CCCC.CCCC.CCCC.CCCC.O=c1cc(-c2ccc(O)cc2)oc2c(C3OCC(O)C(O)C3O)c(O)c(C3OCC(O)C(O)C3O)c(O)c12. The third-order valence-electron chi connectivity index (χ3n) is 8.92. The maximum atomic E-state index is 13.3. The molecular weight excluding hydrogens is 700 g/mol. The Balaban J connectivity index is 0.000000774. The zero-order valence-corrected chi connectivity index (χ0v) is 33.2. The highest BCUT2D eigenvalue weighted by molar-refractivity contribution is 5.92. The number of fused-ring (bicyclic) bond motifs is 1. The van der Waals surface area contributed by atoms with E-state index in [4.69, 9.17) is 13.9 Å². The highest BCUT2D eigenvalue weighted by Gasteiger charge is 2.46. The number of phenolic OH excluding ortho intramolecular Hbond substituents is 3. The van der Waals surface area contributed by atoms with E-state index in [9.17, 15) is 50.8 Å². The molecule has 8 unspecified atom stereocenters. The standard InChI is InChI=1S/C25H26O13.4C4H10/c26-9-3-1-8(2-4-9)13-5-10(27)14-19(32)15(24-21(34)17(30)11(28)6-36-24)20(33)16(23(14)38-13)25-22(35)18(31)12(29)7-37-25;4*1-3-4-2/h1-5,11-12,17-18,21-22,24-26,28-35H,6-7H2;4*3-4H2,1-2H3. The summed E-state index contributed by atoms with van der Waals surface area (Å²) in [6.45, 7) is 16.5. The van der Waals surface area contributed by atoms with Crippen LogP contribution in [0.1, 0.15) is 130 Å². The second-order valence-electron chi connectivity index (χ2n) is 13.4. The first-order valence-electron chi connectivity index (χ1n) is 19.3. The molecule has 5 rings (SSSR count). The van der Waals surface area contributed by atoms with Gasteiger partial charge in [-0.05, 0) is 24.3 Å². The van der Waals surface area contributed by atoms with Crippen LogP contribution in [-0.2, 0) is 9.47 Å². The average Bonchev–Trinajstić information content (AvgIpc) is 3.18. The number of unbranched alkanes of at least 4 members (excludes halogenated alkanes) is 4. The summed E-state index contributed by atoms with van der Waals surface area (Å²) < 4.78 is 16.8. The van der Waals surface area contributed by atoms with Crippen LogP contribution in [0.5, 0.6) is 17.2 Å². The Kier molecular flexibility index (Phi) is 22.6. The Bertz CT molecular complexity index is 1520. The lowest BCUT2D eigenvalue weighted by Crippen LogP contribution is -2.49. The fourth-order valence-corrected chi connectivity index (χ4v) is 4.83. The number of phenols is 3. The van der Waals surface area contributed by atoms with Crippen molar-refractivity contribution in [1.29, 1.82) is 0 Å². The van der Waals surface area contributed by atoms with Crippen molar-refractivity contribution in [2.75, 3.05) is 13.2 Å². The molecule has 3 heterocycles. The van der Waals surface area contributed by atoms with E-state index in [1.165, 1.54) is 75.6 Å². The van der Waals surface area contributed by atoms with Crippen LogP contribution < -0.4 is 5.43 Å². The van der Waals surface area contributed by atoms with E-state index in [2.05, 4.69) is 55.4 Å². The van der Waals surface area contributed by atoms with Crippen LogP contribution in [-0.4, -0.2) is 95.8 Å². The van der Waals surface area contributed by atoms with Gasteiger partial charge in [-0.3, -0.25) is 4.79 Å². The third-order valence-corrected chi connectivity index (χ3v) is 8.92. The van der Waals surface area contributed by atoms with E-state index in [1.807, 2.05) is 0 Å². The van der Waals surface area contributed by atoms with Gasteiger partial charge in [0.2, 0.25) is 0 Å². The molecule has 9 N–H and O–H groups in total. The molecule has 13 nitrogen and oxygen atoms in total.